The normalized spacial score (nSPS) is 16.4. The number of aryl methyl sites for hydroxylation is 1. The van der Waals surface area contributed by atoms with E-state index in [2.05, 4.69) is 32.5 Å². The van der Waals surface area contributed by atoms with Gasteiger partial charge in [0.15, 0.2) is 0 Å². The van der Waals surface area contributed by atoms with Crippen molar-refractivity contribution in [1.82, 2.24) is 20.4 Å². The molecule has 8 heteroatoms. The third kappa shape index (κ3) is 7.29. The molecule has 0 spiro atoms. The Morgan fingerprint density at radius 3 is 2.80 bits per heavy atom. The van der Waals surface area contributed by atoms with Crippen LogP contribution in [-0.4, -0.2) is 46.7 Å². The van der Waals surface area contributed by atoms with Crippen LogP contribution >= 0.6 is 11.6 Å². The Balaban J connectivity index is 1.20. The molecule has 186 valence electrons. The minimum absolute atomic E-state index is 0.0258. The number of nitrogens with one attached hydrogen (secondary N) is 1. The molecule has 1 unspecified atom stereocenters. The molecule has 3 aromatic rings. The number of hydrogen-bond acceptors (Lipinski definition) is 6. The van der Waals surface area contributed by atoms with Crippen LogP contribution in [0.15, 0.2) is 53.1 Å². The van der Waals surface area contributed by atoms with Gasteiger partial charge in [0.25, 0.3) is 0 Å². The van der Waals surface area contributed by atoms with Crippen LogP contribution < -0.4 is 10.1 Å². The van der Waals surface area contributed by atoms with Crippen molar-refractivity contribution in [2.24, 2.45) is 5.92 Å². The lowest BCUT2D eigenvalue weighted by molar-refractivity contribution is -0.126. The molecule has 1 N–H and O–H groups in total. The summed E-state index contributed by atoms with van der Waals surface area (Å²) in [5.74, 6) is 2.00. The molecule has 0 saturated carbocycles. The predicted octanol–water partition coefficient (Wildman–Crippen LogP) is 5.14. The van der Waals surface area contributed by atoms with Gasteiger partial charge in [-0.25, -0.2) is 0 Å². The Labute approximate surface area is 211 Å². The second kappa shape index (κ2) is 12.2. The van der Waals surface area contributed by atoms with Gasteiger partial charge >= 0.3 is 0 Å². The number of rotatable bonds is 10. The number of carbonyl (C=O) groups is 1. The molecule has 2 aromatic carbocycles. The first-order valence-electron chi connectivity index (χ1n) is 12.3. The molecule has 1 saturated heterocycles. The summed E-state index contributed by atoms with van der Waals surface area (Å²) in [7, 11) is 0. The molecule has 0 bridgehead atoms. The van der Waals surface area contributed by atoms with Gasteiger partial charge in [-0.05, 0) is 75.9 Å². The summed E-state index contributed by atoms with van der Waals surface area (Å²) in [5, 5.41) is 7.79. The van der Waals surface area contributed by atoms with Gasteiger partial charge < -0.3 is 14.6 Å². The van der Waals surface area contributed by atoms with Crippen LogP contribution in [0.3, 0.4) is 0 Å². The monoisotopic (exact) mass is 496 g/mol. The van der Waals surface area contributed by atoms with Crippen LogP contribution in [0.25, 0.3) is 11.4 Å². The van der Waals surface area contributed by atoms with E-state index >= 15 is 0 Å². The molecule has 1 fully saturated rings. The van der Waals surface area contributed by atoms with Crippen LogP contribution in [0.4, 0.5) is 0 Å². The van der Waals surface area contributed by atoms with E-state index in [1.165, 1.54) is 5.56 Å². The Morgan fingerprint density at radius 2 is 2.03 bits per heavy atom. The quantitative estimate of drug-likeness (QED) is 0.391. The van der Waals surface area contributed by atoms with E-state index in [0.717, 1.165) is 43.5 Å². The maximum atomic E-state index is 12.8. The number of hydrogen-bond donors (Lipinski definition) is 1. The van der Waals surface area contributed by atoms with Crippen molar-refractivity contribution in [3.05, 3.63) is 65.0 Å². The summed E-state index contributed by atoms with van der Waals surface area (Å²) in [4.78, 5) is 19.5. The molecule has 1 aromatic heterocycles. The maximum Gasteiger partial charge on any atom is 0.241 e. The highest BCUT2D eigenvalue weighted by molar-refractivity contribution is 6.33. The van der Waals surface area contributed by atoms with Crippen LogP contribution in [0.1, 0.15) is 44.6 Å². The van der Waals surface area contributed by atoms with Gasteiger partial charge in [0.05, 0.1) is 23.6 Å². The first kappa shape index (κ1) is 25.2. The fourth-order valence-electron chi connectivity index (χ4n) is 4.33. The number of nitrogens with zero attached hydrogens (tertiary/aromatic N) is 3. The molecule has 1 atom stereocenters. The van der Waals surface area contributed by atoms with Gasteiger partial charge in [0, 0.05) is 18.7 Å². The number of benzene rings is 2. The van der Waals surface area contributed by atoms with E-state index in [0.29, 0.717) is 36.4 Å². The zero-order chi connectivity index (χ0) is 24.6. The van der Waals surface area contributed by atoms with Gasteiger partial charge in [-0.3, -0.25) is 9.69 Å². The number of ether oxygens (including phenoxy) is 1. The van der Waals surface area contributed by atoms with E-state index in [1.54, 1.807) is 6.07 Å². The lowest BCUT2D eigenvalue weighted by Gasteiger charge is -2.30. The SMILES string of the molecule is CC(C)Oc1ccc(CCCNC(=O)C2CCCN(Cc3nc(-c4ccccc4Cl)no3)C2)cc1. The molecule has 0 radical (unpaired) electrons. The van der Waals surface area contributed by atoms with E-state index < -0.39 is 0 Å². The fraction of sp³-hybridized carbons (Fsp3) is 0.444. The van der Waals surface area contributed by atoms with E-state index in [1.807, 2.05) is 44.2 Å². The maximum absolute atomic E-state index is 12.8. The fourth-order valence-corrected chi connectivity index (χ4v) is 4.55. The number of carbonyl (C=O) groups excluding carboxylic acids is 1. The average Bonchev–Trinajstić information content (AvgIpc) is 3.31. The first-order valence-corrected chi connectivity index (χ1v) is 12.7. The van der Waals surface area contributed by atoms with Gasteiger partial charge in [-0.2, -0.15) is 4.98 Å². The lowest BCUT2D eigenvalue weighted by Crippen LogP contribution is -2.43. The van der Waals surface area contributed by atoms with Crippen LogP contribution in [0.2, 0.25) is 5.02 Å². The second-order valence-electron chi connectivity index (χ2n) is 9.27. The number of piperidine rings is 1. The molecular formula is C27H33ClN4O3. The largest absolute Gasteiger partial charge is 0.491 e. The summed E-state index contributed by atoms with van der Waals surface area (Å²) in [6.07, 6.45) is 3.86. The van der Waals surface area contributed by atoms with Crippen molar-refractivity contribution in [1.29, 1.82) is 0 Å². The Kier molecular flexibility index (Phi) is 8.77. The van der Waals surface area contributed by atoms with E-state index in [9.17, 15) is 4.79 Å². The third-order valence-electron chi connectivity index (χ3n) is 6.05. The molecule has 1 aliphatic heterocycles. The first-order chi connectivity index (χ1) is 17.0. The molecule has 35 heavy (non-hydrogen) atoms. The summed E-state index contributed by atoms with van der Waals surface area (Å²) in [6.45, 7) is 6.83. The number of halogens is 1. The van der Waals surface area contributed by atoms with Crippen molar-refractivity contribution in [3.8, 4) is 17.1 Å². The van der Waals surface area contributed by atoms with Gasteiger partial charge in [-0.15, -0.1) is 0 Å². The second-order valence-corrected chi connectivity index (χ2v) is 9.68. The van der Waals surface area contributed by atoms with Crippen LogP contribution in [-0.2, 0) is 17.8 Å². The highest BCUT2D eigenvalue weighted by atomic mass is 35.5. The zero-order valence-electron chi connectivity index (χ0n) is 20.4. The minimum atomic E-state index is -0.0258. The lowest BCUT2D eigenvalue weighted by atomic mass is 9.97. The van der Waals surface area contributed by atoms with E-state index in [-0.39, 0.29) is 17.9 Å². The summed E-state index contributed by atoms with van der Waals surface area (Å²) in [5.41, 5.74) is 2.00. The van der Waals surface area contributed by atoms with Gasteiger partial charge in [0.2, 0.25) is 17.6 Å². The van der Waals surface area contributed by atoms with Crippen LogP contribution in [0.5, 0.6) is 5.75 Å². The molecule has 4 rings (SSSR count). The molecule has 1 amide bonds. The Bertz CT molecular complexity index is 1100. The summed E-state index contributed by atoms with van der Waals surface area (Å²) >= 11 is 6.24. The highest BCUT2D eigenvalue weighted by Crippen LogP contribution is 2.26. The smallest absolute Gasteiger partial charge is 0.241 e. The standard InChI is InChI=1S/C27H33ClN4O3/c1-19(2)34-22-13-11-20(12-14-22)7-5-15-29-27(33)21-8-6-16-32(17-21)18-25-30-26(31-35-25)23-9-3-4-10-24(23)28/h3-4,9-14,19,21H,5-8,15-18H2,1-2H3,(H,29,33). The average molecular weight is 497 g/mol. The predicted molar refractivity (Wildman–Crippen MR) is 136 cm³/mol. The zero-order valence-corrected chi connectivity index (χ0v) is 21.1. The molecular weight excluding hydrogens is 464 g/mol. The molecule has 2 heterocycles. The van der Waals surface area contributed by atoms with Crippen molar-refractivity contribution < 1.29 is 14.1 Å². The topological polar surface area (TPSA) is 80.5 Å². The van der Waals surface area contributed by atoms with Crippen LogP contribution in [0, 0.1) is 5.92 Å². The summed E-state index contributed by atoms with van der Waals surface area (Å²) in [6, 6.07) is 15.6. The minimum Gasteiger partial charge on any atom is -0.491 e. The van der Waals surface area contributed by atoms with Crippen molar-refractivity contribution in [3.63, 3.8) is 0 Å². The van der Waals surface area contributed by atoms with Gasteiger partial charge in [-0.1, -0.05) is 41.0 Å². The Hall–Kier alpha value is -2.90. The van der Waals surface area contributed by atoms with Gasteiger partial charge in [0.1, 0.15) is 5.75 Å². The van der Waals surface area contributed by atoms with E-state index in [4.69, 9.17) is 20.9 Å². The summed E-state index contributed by atoms with van der Waals surface area (Å²) < 4.78 is 11.1. The molecule has 7 nitrogen and oxygen atoms in total. The van der Waals surface area contributed by atoms with Crippen molar-refractivity contribution in [2.75, 3.05) is 19.6 Å². The molecule has 1 aliphatic rings. The van der Waals surface area contributed by atoms with Crippen molar-refractivity contribution >= 4 is 17.5 Å². The third-order valence-corrected chi connectivity index (χ3v) is 6.38. The highest BCUT2D eigenvalue weighted by Gasteiger charge is 2.26. The van der Waals surface area contributed by atoms with Crippen molar-refractivity contribution in [2.45, 2.75) is 52.2 Å². The number of amides is 1. The molecule has 0 aliphatic carbocycles. The number of aromatic nitrogens is 2. The number of likely N-dealkylation sites (tertiary alicyclic amines) is 1. The Morgan fingerprint density at radius 1 is 1.23 bits per heavy atom.